The quantitative estimate of drug-likeness (QED) is 0.701. The van der Waals surface area contributed by atoms with Crippen LogP contribution in [-0.4, -0.2) is 12.6 Å². The summed E-state index contributed by atoms with van der Waals surface area (Å²) in [4.78, 5) is 1.49. The van der Waals surface area contributed by atoms with Crippen molar-refractivity contribution < 1.29 is 0 Å². The number of aryl methyl sites for hydroxylation is 1. The molecule has 3 heteroatoms. The highest BCUT2D eigenvalue weighted by atomic mass is 79.9. The lowest BCUT2D eigenvalue weighted by Crippen LogP contribution is -2.32. The van der Waals surface area contributed by atoms with Gasteiger partial charge in [0.25, 0.3) is 0 Å². The van der Waals surface area contributed by atoms with Crippen molar-refractivity contribution in [3.8, 4) is 0 Å². The van der Waals surface area contributed by atoms with Crippen LogP contribution < -0.4 is 5.32 Å². The summed E-state index contributed by atoms with van der Waals surface area (Å²) < 4.78 is 1.17. The van der Waals surface area contributed by atoms with Gasteiger partial charge in [0.15, 0.2) is 0 Å². The summed E-state index contributed by atoms with van der Waals surface area (Å²) in [7, 11) is 0. The van der Waals surface area contributed by atoms with E-state index in [4.69, 9.17) is 0 Å². The molecule has 0 fully saturated rings. The van der Waals surface area contributed by atoms with Crippen LogP contribution in [-0.2, 0) is 12.8 Å². The number of hydrogen-bond donors (Lipinski definition) is 1. The van der Waals surface area contributed by atoms with Gasteiger partial charge in [-0.3, -0.25) is 0 Å². The maximum Gasteiger partial charge on any atom is 0.0178 e. The van der Waals surface area contributed by atoms with Gasteiger partial charge >= 0.3 is 0 Å². The molecule has 0 aliphatic heterocycles. The molecule has 1 unspecified atom stereocenters. The monoisotopic (exact) mass is 351 g/mol. The first-order chi connectivity index (χ1) is 9.78. The first-order valence-corrected chi connectivity index (χ1v) is 8.95. The van der Waals surface area contributed by atoms with Crippen molar-refractivity contribution >= 4 is 27.3 Å². The molecule has 0 radical (unpaired) electrons. The minimum atomic E-state index is 0.561. The van der Waals surface area contributed by atoms with Crippen molar-refractivity contribution in [1.82, 2.24) is 5.32 Å². The summed E-state index contributed by atoms with van der Waals surface area (Å²) in [5.74, 6) is 0. The van der Waals surface area contributed by atoms with E-state index in [0.29, 0.717) is 6.04 Å². The Morgan fingerprint density at radius 2 is 2.15 bits per heavy atom. The fourth-order valence-corrected chi connectivity index (χ4v) is 3.52. The summed E-state index contributed by atoms with van der Waals surface area (Å²) in [6.07, 6.45) is 4.67. The van der Waals surface area contributed by atoms with E-state index in [1.165, 1.54) is 34.2 Å². The second-order valence-corrected chi connectivity index (χ2v) is 7.05. The molecule has 2 aromatic rings. The van der Waals surface area contributed by atoms with Gasteiger partial charge in [0.2, 0.25) is 0 Å². The first kappa shape index (κ1) is 15.7. The Bertz CT molecular complexity index is 495. The zero-order chi connectivity index (χ0) is 14.2. The van der Waals surface area contributed by atoms with Crippen LogP contribution in [0.5, 0.6) is 0 Å². The Morgan fingerprint density at radius 1 is 1.25 bits per heavy atom. The molecule has 0 aliphatic carbocycles. The van der Waals surface area contributed by atoms with Crippen molar-refractivity contribution in [1.29, 1.82) is 0 Å². The van der Waals surface area contributed by atoms with E-state index < -0.39 is 0 Å². The third kappa shape index (κ3) is 5.39. The lowest BCUT2D eigenvalue weighted by molar-refractivity contribution is 0.479. The molecular weight excluding hydrogens is 330 g/mol. The second kappa shape index (κ2) is 8.60. The minimum Gasteiger partial charge on any atom is -0.314 e. The topological polar surface area (TPSA) is 12.0 Å². The molecule has 108 valence electrons. The largest absolute Gasteiger partial charge is 0.314 e. The lowest BCUT2D eigenvalue weighted by Gasteiger charge is -2.18. The number of hydrogen-bond acceptors (Lipinski definition) is 2. The van der Waals surface area contributed by atoms with Crippen LogP contribution in [0.3, 0.4) is 0 Å². The highest BCUT2D eigenvalue weighted by molar-refractivity contribution is 9.10. The first-order valence-electron chi connectivity index (χ1n) is 7.28. The fourth-order valence-electron chi connectivity index (χ4n) is 2.34. The van der Waals surface area contributed by atoms with Crippen LogP contribution in [0.15, 0.2) is 46.3 Å². The predicted molar refractivity (Wildman–Crippen MR) is 92.6 cm³/mol. The molecule has 1 aromatic carbocycles. The summed E-state index contributed by atoms with van der Waals surface area (Å²) in [6, 6.07) is 13.6. The maximum atomic E-state index is 3.69. The van der Waals surface area contributed by atoms with Crippen molar-refractivity contribution in [2.75, 3.05) is 6.54 Å². The van der Waals surface area contributed by atoms with Crippen molar-refractivity contribution in [2.24, 2.45) is 0 Å². The van der Waals surface area contributed by atoms with E-state index in [0.717, 1.165) is 13.0 Å². The summed E-state index contributed by atoms with van der Waals surface area (Å²) >= 11 is 5.42. The molecule has 2 rings (SSSR count). The third-order valence-corrected chi connectivity index (χ3v) is 4.80. The molecule has 0 saturated carbocycles. The number of nitrogens with one attached hydrogen (secondary N) is 1. The van der Waals surface area contributed by atoms with Crippen LogP contribution in [0, 0.1) is 0 Å². The van der Waals surface area contributed by atoms with Gasteiger partial charge in [-0.05, 0) is 61.4 Å². The van der Waals surface area contributed by atoms with Gasteiger partial charge in [-0.15, -0.1) is 11.3 Å². The van der Waals surface area contributed by atoms with Crippen molar-refractivity contribution in [2.45, 2.75) is 38.6 Å². The molecule has 1 N–H and O–H groups in total. The molecule has 0 aliphatic rings. The van der Waals surface area contributed by atoms with Gasteiger partial charge in [-0.25, -0.2) is 0 Å². The summed E-state index contributed by atoms with van der Waals surface area (Å²) in [5.41, 5.74) is 1.40. The van der Waals surface area contributed by atoms with Crippen LogP contribution in [0.4, 0.5) is 0 Å². The van der Waals surface area contributed by atoms with Gasteiger partial charge in [0.05, 0.1) is 0 Å². The molecule has 0 spiro atoms. The zero-order valence-electron chi connectivity index (χ0n) is 11.9. The smallest absolute Gasteiger partial charge is 0.0178 e. The lowest BCUT2D eigenvalue weighted by atomic mass is 10.0. The minimum absolute atomic E-state index is 0.561. The van der Waals surface area contributed by atoms with Crippen LogP contribution in [0.1, 0.15) is 30.2 Å². The Kier molecular flexibility index (Phi) is 6.77. The Labute approximate surface area is 134 Å². The van der Waals surface area contributed by atoms with Gasteiger partial charge in [0.1, 0.15) is 0 Å². The standard InChI is InChI=1S/C17H22BrNS/c1-2-10-19-16(8-9-17-7-4-11-20-17)13-14-5-3-6-15(18)12-14/h3-7,11-12,16,19H,2,8-10,13H2,1H3. The predicted octanol–water partition coefficient (Wildman–Crippen LogP) is 5.05. The molecule has 20 heavy (non-hydrogen) atoms. The Morgan fingerprint density at radius 3 is 2.85 bits per heavy atom. The Hall–Kier alpha value is -0.640. The average Bonchev–Trinajstić information content (AvgIpc) is 2.95. The van der Waals surface area contributed by atoms with E-state index >= 15 is 0 Å². The van der Waals surface area contributed by atoms with E-state index in [1.807, 2.05) is 11.3 Å². The van der Waals surface area contributed by atoms with E-state index in [1.54, 1.807) is 0 Å². The highest BCUT2D eigenvalue weighted by Gasteiger charge is 2.10. The number of rotatable bonds is 8. The third-order valence-electron chi connectivity index (χ3n) is 3.37. The highest BCUT2D eigenvalue weighted by Crippen LogP contribution is 2.17. The van der Waals surface area contributed by atoms with E-state index in [9.17, 15) is 0 Å². The van der Waals surface area contributed by atoms with Gasteiger partial charge in [-0.2, -0.15) is 0 Å². The fraction of sp³-hybridized carbons (Fsp3) is 0.412. The molecule has 1 nitrogen and oxygen atoms in total. The molecular formula is C17H22BrNS. The zero-order valence-corrected chi connectivity index (χ0v) is 14.3. The van der Waals surface area contributed by atoms with Crippen LogP contribution >= 0.6 is 27.3 Å². The molecule has 0 bridgehead atoms. The molecule has 1 atom stereocenters. The second-order valence-electron chi connectivity index (χ2n) is 5.10. The summed E-state index contributed by atoms with van der Waals surface area (Å²) in [5, 5.41) is 5.85. The Balaban J connectivity index is 1.92. The maximum absolute atomic E-state index is 3.69. The summed E-state index contributed by atoms with van der Waals surface area (Å²) in [6.45, 7) is 3.32. The van der Waals surface area contributed by atoms with Crippen molar-refractivity contribution in [3.05, 3.63) is 56.7 Å². The van der Waals surface area contributed by atoms with Gasteiger partial charge in [0, 0.05) is 15.4 Å². The van der Waals surface area contributed by atoms with Crippen LogP contribution in [0.2, 0.25) is 0 Å². The number of benzene rings is 1. The molecule has 1 aromatic heterocycles. The SMILES string of the molecule is CCCNC(CCc1cccs1)Cc1cccc(Br)c1. The van der Waals surface area contributed by atoms with Crippen LogP contribution in [0.25, 0.3) is 0 Å². The van der Waals surface area contributed by atoms with E-state index in [2.05, 4.69) is 69.9 Å². The number of halogens is 1. The number of thiophene rings is 1. The average molecular weight is 352 g/mol. The van der Waals surface area contributed by atoms with Gasteiger partial charge in [-0.1, -0.05) is 41.1 Å². The molecule has 0 saturated heterocycles. The normalized spacial score (nSPS) is 12.5. The molecule has 0 amide bonds. The van der Waals surface area contributed by atoms with Crippen molar-refractivity contribution in [3.63, 3.8) is 0 Å². The molecule has 1 heterocycles. The van der Waals surface area contributed by atoms with Gasteiger partial charge < -0.3 is 5.32 Å². The van der Waals surface area contributed by atoms with E-state index in [-0.39, 0.29) is 0 Å².